The fourth-order valence-electron chi connectivity index (χ4n) is 2.35. The highest BCUT2D eigenvalue weighted by atomic mass is 16.1. The summed E-state index contributed by atoms with van der Waals surface area (Å²) < 4.78 is 0. The van der Waals surface area contributed by atoms with Crippen molar-refractivity contribution in [1.29, 1.82) is 0 Å². The normalized spacial score (nSPS) is 15.4. The van der Waals surface area contributed by atoms with E-state index in [0.29, 0.717) is 12.3 Å². The van der Waals surface area contributed by atoms with E-state index in [9.17, 15) is 4.79 Å². The van der Waals surface area contributed by atoms with Crippen LogP contribution in [0.25, 0.3) is 6.08 Å². The van der Waals surface area contributed by atoms with E-state index in [-0.39, 0.29) is 5.78 Å². The van der Waals surface area contributed by atoms with Gasteiger partial charge in [-0.1, -0.05) is 54.6 Å². The first-order valence-corrected chi connectivity index (χ1v) is 6.66. The molecule has 98 valence electrons. The maximum Gasteiger partial charge on any atom is 0.204 e. The van der Waals surface area contributed by atoms with Crippen molar-refractivity contribution < 1.29 is 4.79 Å². The monoisotopic (exact) mass is 261 g/mol. The predicted octanol–water partition coefficient (Wildman–Crippen LogP) is 3.58. The third-order valence-electron chi connectivity index (χ3n) is 3.53. The Morgan fingerprint density at radius 1 is 0.950 bits per heavy atom. The number of aliphatic imine (C=N–C) groups is 1. The Bertz CT molecular complexity index is 726. The number of allylic oxidation sites excluding steroid dienone is 1. The minimum atomic E-state index is -0.0164. The summed E-state index contributed by atoms with van der Waals surface area (Å²) in [7, 11) is 0. The first-order valence-electron chi connectivity index (χ1n) is 6.66. The van der Waals surface area contributed by atoms with Crippen LogP contribution in [0.4, 0.5) is 0 Å². The first kappa shape index (κ1) is 12.5. The van der Waals surface area contributed by atoms with E-state index in [1.165, 1.54) is 5.56 Å². The molecule has 0 unspecified atom stereocenters. The second kappa shape index (κ2) is 5.25. The minimum Gasteiger partial charge on any atom is -0.288 e. The van der Waals surface area contributed by atoms with Gasteiger partial charge < -0.3 is 0 Å². The van der Waals surface area contributed by atoms with Gasteiger partial charge in [0.05, 0.1) is 6.54 Å². The van der Waals surface area contributed by atoms with Crippen molar-refractivity contribution in [3.05, 3.63) is 76.9 Å². The van der Waals surface area contributed by atoms with Gasteiger partial charge in [-0.25, -0.2) is 0 Å². The summed E-state index contributed by atoms with van der Waals surface area (Å²) in [5, 5.41) is 0. The number of hydrogen-bond acceptors (Lipinski definition) is 2. The van der Waals surface area contributed by atoms with Crippen molar-refractivity contribution in [2.75, 3.05) is 0 Å². The molecule has 0 atom stereocenters. The number of rotatable bonds is 2. The van der Waals surface area contributed by atoms with Crippen LogP contribution in [0.3, 0.4) is 0 Å². The highest BCUT2D eigenvalue weighted by Crippen LogP contribution is 2.18. The van der Waals surface area contributed by atoms with Gasteiger partial charge in [0.15, 0.2) is 0 Å². The molecule has 0 saturated heterocycles. The van der Waals surface area contributed by atoms with E-state index in [1.54, 1.807) is 6.08 Å². The SMILES string of the molecule is Cc1ccccc1CN=C1C(=O)C=Cc2ccccc21. The number of hydrogen-bond donors (Lipinski definition) is 0. The molecule has 0 radical (unpaired) electrons. The molecule has 0 saturated carbocycles. The number of nitrogens with zero attached hydrogens (tertiary/aromatic N) is 1. The fourth-order valence-corrected chi connectivity index (χ4v) is 2.35. The van der Waals surface area contributed by atoms with Crippen LogP contribution in [-0.4, -0.2) is 11.5 Å². The van der Waals surface area contributed by atoms with Gasteiger partial charge in [-0.05, 0) is 29.7 Å². The van der Waals surface area contributed by atoms with Crippen molar-refractivity contribution in [3.63, 3.8) is 0 Å². The van der Waals surface area contributed by atoms with Gasteiger partial charge in [0, 0.05) is 5.56 Å². The van der Waals surface area contributed by atoms with Crippen LogP contribution in [0.2, 0.25) is 0 Å². The van der Waals surface area contributed by atoms with Crippen LogP contribution in [0.5, 0.6) is 0 Å². The Labute approximate surface area is 118 Å². The molecule has 20 heavy (non-hydrogen) atoms. The molecule has 0 heterocycles. The molecule has 0 spiro atoms. The van der Waals surface area contributed by atoms with Gasteiger partial charge in [-0.2, -0.15) is 0 Å². The lowest BCUT2D eigenvalue weighted by Crippen LogP contribution is -2.18. The standard InChI is InChI=1S/C18H15NO/c1-13-6-2-3-8-15(13)12-19-18-16-9-5-4-7-14(16)10-11-17(18)20/h2-11H,12H2,1H3. The number of fused-ring (bicyclic) bond motifs is 1. The van der Waals surface area contributed by atoms with E-state index < -0.39 is 0 Å². The lowest BCUT2D eigenvalue weighted by molar-refractivity contribution is -0.108. The van der Waals surface area contributed by atoms with Crippen molar-refractivity contribution in [3.8, 4) is 0 Å². The number of carbonyl (C=O) groups is 1. The van der Waals surface area contributed by atoms with Crippen molar-refractivity contribution in [2.45, 2.75) is 13.5 Å². The Morgan fingerprint density at radius 3 is 2.55 bits per heavy atom. The van der Waals surface area contributed by atoms with Crippen LogP contribution in [0, 0.1) is 6.92 Å². The number of aryl methyl sites for hydroxylation is 1. The molecule has 0 amide bonds. The Kier molecular flexibility index (Phi) is 3.30. The highest BCUT2D eigenvalue weighted by molar-refractivity contribution is 6.52. The van der Waals surface area contributed by atoms with E-state index in [2.05, 4.69) is 24.0 Å². The van der Waals surface area contributed by atoms with Crippen LogP contribution in [-0.2, 0) is 11.3 Å². The van der Waals surface area contributed by atoms with Gasteiger partial charge in [0.1, 0.15) is 5.71 Å². The fraction of sp³-hybridized carbons (Fsp3) is 0.111. The molecule has 0 aromatic heterocycles. The van der Waals surface area contributed by atoms with E-state index in [0.717, 1.165) is 16.7 Å². The van der Waals surface area contributed by atoms with Gasteiger partial charge in [0.2, 0.25) is 5.78 Å². The molecule has 3 rings (SSSR count). The molecule has 2 aromatic rings. The largest absolute Gasteiger partial charge is 0.288 e. The summed E-state index contributed by atoms with van der Waals surface area (Å²) in [6, 6.07) is 16.0. The smallest absolute Gasteiger partial charge is 0.204 e. The summed E-state index contributed by atoms with van der Waals surface area (Å²) in [6.45, 7) is 2.60. The van der Waals surface area contributed by atoms with E-state index >= 15 is 0 Å². The lowest BCUT2D eigenvalue weighted by Gasteiger charge is -2.12. The second-order valence-corrected chi connectivity index (χ2v) is 4.88. The molecule has 0 N–H and O–H groups in total. The average molecular weight is 261 g/mol. The molecule has 0 aliphatic heterocycles. The van der Waals surface area contributed by atoms with Gasteiger partial charge >= 0.3 is 0 Å². The summed E-state index contributed by atoms with van der Waals surface area (Å²) in [4.78, 5) is 16.6. The van der Waals surface area contributed by atoms with Crippen LogP contribution >= 0.6 is 0 Å². The summed E-state index contributed by atoms with van der Waals surface area (Å²) in [6.07, 6.45) is 3.45. The zero-order valence-corrected chi connectivity index (χ0v) is 11.3. The van der Waals surface area contributed by atoms with Crippen LogP contribution in [0.15, 0.2) is 59.6 Å². The molecule has 0 fully saturated rings. The third-order valence-corrected chi connectivity index (χ3v) is 3.53. The van der Waals surface area contributed by atoms with E-state index in [4.69, 9.17) is 0 Å². The van der Waals surface area contributed by atoms with Crippen molar-refractivity contribution in [1.82, 2.24) is 0 Å². The maximum absolute atomic E-state index is 12.0. The lowest BCUT2D eigenvalue weighted by atomic mass is 9.94. The van der Waals surface area contributed by atoms with Gasteiger partial charge in [-0.15, -0.1) is 0 Å². The Morgan fingerprint density at radius 2 is 1.70 bits per heavy atom. The molecule has 2 nitrogen and oxygen atoms in total. The van der Waals surface area contributed by atoms with Gasteiger partial charge in [-0.3, -0.25) is 9.79 Å². The van der Waals surface area contributed by atoms with Crippen molar-refractivity contribution in [2.24, 2.45) is 4.99 Å². The van der Waals surface area contributed by atoms with E-state index in [1.807, 2.05) is 42.5 Å². The van der Waals surface area contributed by atoms with Crippen LogP contribution in [0.1, 0.15) is 22.3 Å². The summed E-state index contributed by atoms with van der Waals surface area (Å²) in [5.41, 5.74) is 4.89. The zero-order chi connectivity index (χ0) is 13.9. The van der Waals surface area contributed by atoms with Crippen molar-refractivity contribution >= 4 is 17.6 Å². The molecule has 1 aliphatic carbocycles. The zero-order valence-electron chi connectivity index (χ0n) is 11.3. The maximum atomic E-state index is 12.0. The topological polar surface area (TPSA) is 29.4 Å². The molecule has 2 heteroatoms. The minimum absolute atomic E-state index is 0.0164. The predicted molar refractivity (Wildman–Crippen MR) is 81.9 cm³/mol. The molecular formula is C18H15NO. The Balaban J connectivity index is 1.97. The quantitative estimate of drug-likeness (QED) is 0.812. The summed E-state index contributed by atoms with van der Waals surface area (Å²) >= 11 is 0. The molecular weight excluding hydrogens is 246 g/mol. The number of benzene rings is 2. The van der Waals surface area contributed by atoms with Crippen LogP contribution < -0.4 is 0 Å². The molecule has 1 aliphatic rings. The summed E-state index contributed by atoms with van der Waals surface area (Å²) in [5.74, 6) is -0.0164. The second-order valence-electron chi connectivity index (χ2n) is 4.88. The highest BCUT2D eigenvalue weighted by Gasteiger charge is 2.17. The average Bonchev–Trinajstić information content (AvgIpc) is 2.48. The first-order chi connectivity index (χ1) is 9.75. The molecule has 0 bridgehead atoms. The molecule has 2 aromatic carbocycles. The number of ketones is 1. The van der Waals surface area contributed by atoms with Gasteiger partial charge in [0.25, 0.3) is 0 Å². The third kappa shape index (κ3) is 2.32. The Hall–Kier alpha value is -2.48. The number of carbonyl (C=O) groups excluding carboxylic acids is 1.